The van der Waals surface area contributed by atoms with Crippen LogP contribution in [-0.4, -0.2) is 55.6 Å². The average molecular weight is 510 g/mol. The monoisotopic (exact) mass is 510 g/mol. The second-order valence-electron chi connectivity index (χ2n) is 8.68. The first kappa shape index (κ1) is 24.2. The van der Waals surface area contributed by atoms with Crippen molar-refractivity contribution in [1.82, 2.24) is 24.6 Å². The molecule has 1 aliphatic rings. The molecule has 0 bridgehead atoms. The number of halogens is 3. The van der Waals surface area contributed by atoms with E-state index in [1.807, 2.05) is 0 Å². The highest BCUT2D eigenvalue weighted by atomic mass is 19.3. The number of amides is 1. The summed E-state index contributed by atoms with van der Waals surface area (Å²) in [6.45, 7) is 5.20. The smallest absolute Gasteiger partial charge is 0.274 e. The molecule has 0 aliphatic heterocycles. The number of rotatable bonds is 7. The molecular weight excluding hydrogens is 489 g/mol. The first-order chi connectivity index (χ1) is 17.7. The number of aromatic nitrogens is 5. The van der Waals surface area contributed by atoms with E-state index in [0.29, 0.717) is 28.4 Å². The van der Waals surface area contributed by atoms with Crippen molar-refractivity contribution in [3.63, 3.8) is 0 Å². The van der Waals surface area contributed by atoms with Gasteiger partial charge in [-0.3, -0.25) is 14.3 Å². The number of oxime groups is 1. The summed E-state index contributed by atoms with van der Waals surface area (Å²) in [4.78, 5) is 30.5. The number of pyridine rings is 1. The molecule has 0 unspecified atom stereocenters. The first-order valence-electron chi connectivity index (χ1n) is 11.2. The van der Waals surface area contributed by atoms with Gasteiger partial charge in [0.2, 0.25) is 5.92 Å². The minimum atomic E-state index is -2.65. The molecule has 0 atom stereocenters. The number of imidazole rings is 1. The van der Waals surface area contributed by atoms with Gasteiger partial charge in [0.1, 0.15) is 29.6 Å². The van der Waals surface area contributed by atoms with Crippen LogP contribution < -0.4 is 5.32 Å². The number of amidine groups is 1. The second kappa shape index (κ2) is 9.48. The van der Waals surface area contributed by atoms with Gasteiger partial charge in [-0.2, -0.15) is 5.10 Å². The Bertz CT molecular complexity index is 1520. The fourth-order valence-electron chi connectivity index (χ4n) is 3.98. The first-order valence-corrected chi connectivity index (χ1v) is 11.2. The van der Waals surface area contributed by atoms with E-state index in [4.69, 9.17) is 4.84 Å². The van der Waals surface area contributed by atoms with Gasteiger partial charge in [0.15, 0.2) is 11.7 Å². The van der Waals surface area contributed by atoms with Crippen molar-refractivity contribution in [3.8, 4) is 11.4 Å². The zero-order chi connectivity index (χ0) is 26.2. The summed E-state index contributed by atoms with van der Waals surface area (Å²) in [6.07, 6.45) is 2.52. The molecule has 1 amide bonds. The Balaban J connectivity index is 1.34. The number of benzene rings is 1. The topological polar surface area (TPSA) is 122 Å². The number of nitrogens with zero attached hydrogens (tertiary/aromatic N) is 6. The largest absolute Gasteiger partial charge is 0.394 e. The molecule has 1 aromatic carbocycles. The van der Waals surface area contributed by atoms with Crippen molar-refractivity contribution < 1.29 is 22.8 Å². The van der Waals surface area contributed by atoms with E-state index in [1.54, 1.807) is 29.7 Å². The van der Waals surface area contributed by atoms with Gasteiger partial charge in [-0.1, -0.05) is 5.16 Å². The van der Waals surface area contributed by atoms with Gasteiger partial charge in [-0.05, 0) is 44.0 Å². The number of carbonyl (C=O) groups excluding carboxylic acids is 1. The second-order valence-corrected chi connectivity index (χ2v) is 8.68. The van der Waals surface area contributed by atoms with Crippen LogP contribution in [0.4, 0.5) is 18.9 Å². The van der Waals surface area contributed by atoms with Crippen LogP contribution in [0, 0.1) is 18.7 Å². The zero-order valence-corrected chi connectivity index (χ0v) is 19.6. The lowest BCUT2D eigenvalue weighted by Crippen LogP contribution is -2.37. The number of hydrogen-bond donors (Lipinski definition) is 2. The predicted octanol–water partition coefficient (Wildman–Crippen LogP) is 4.24. The lowest BCUT2D eigenvalue weighted by molar-refractivity contribution is -0.128. The molecule has 3 aromatic heterocycles. The summed E-state index contributed by atoms with van der Waals surface area (Å²) in [7, 11) is 0. The van der Waals surface area contributed by atoms with Crippen LogP contribution in [0.25, 0.3) is 17.0 Å². The molecule has 1 saturated carbocycles. The van der Waals surface area contributed by atoms with Gasteiger partial charge in [0.05, 0.1) is 11.9 Å². The Morgan fingerprint density at radius 1 is 1.32 bits per heavy atom. The maximum atomic E-state index is 14.6. The molecule has 13 heteroatoms. The number of fused-ring (bicyclic) bond motifs is 1. The number of alkyl halides is 2. The third-order valence-corrected chi connectivity index (χ3v) is 5.85. The van der Waals surface area contributed by atoms with E-state index in [0.717, 1.165) is 6.07 Å². The molecule has 10 nitrogen and oxygen atoms in total. The Kier molecular flexibility index (Phi) is 6.19. The van der Waals surface area contributed by atoms with E-state index < -0.39 is 17.6 Å². The van der Waals surface area contributed by atoms with Gasteiger partial charge in [-0.25, -0.2) is 28.1 Å². The molecule has 37 heavy (non-hydrogen) atoms. The molecule has 5 rings (SSSR count). The lowest BCUT2D eigenvalue weighted by atomic mass is 9.82. The van der Waals surface area contributed by atoms with E-state index in [9.17, 15) is 18.0 Å². The van der Waals surface area contributed by atoms with Crippen LogP contribution in [0.1, 0.15) is 34.7 Å². The van der Waals surface area contributed by atoms with Crippen LogP contribution in [-0.2, 0) is 4.84 Å². The Hall–Kier alpha value is -4.55. The summed E-state index contributed by atoms with van der Waals surface area (Å²) >= 11 is 0. The molecule has 3 heterocycles. The molecule has 1 fully saturated rings. The summed E-state index contributed by atoms with van der Waals surface area (Å²) in [5.74, 6) is -3.15. The minimum absolute atomic E-state index is 0.00301. The van der Waals surface area contributed by atoms with Crippen molar-refractivity contribution in [3.05, 3.63) is 65.6 Å². The number of anilines is 1. The van der Waals surface area contributed by atoms with Gasteiger partial charge in [0.25, 0.3) is 5.91 Å². The van der Waals surface area contributed by atoms with Crippen molar-refractivity contribution in [2.45, 2.75) is 25.7 Å². The fraction of sp³-hybridized carbons (Fsp3) is 0.250. The van der Waals surface area contributed by atoms with Crippen LogP contribution in [0.5, 0.6) is 0 Å². The number of H-pyrrole nitrogens is 1. The highest BCUT2D eigenvalue weighted by Gasteiger charge is 2.45. The maximum absolute atomic E-state index is 14.6. The molecule has 190 valence electrons. The van der Waals surface area contributed by atoms with E-state index >= 15 is 0 Å². The van der Waals surface area contributed by atoms with Crippen LogP contribution in [0.3, 0.4) is 0 Å². The summed E-state index contributed by atoms with van der Waals surface area (Å²) in [5, 5.41) is 13.3. The number of aliphatic imine (C=N–C) groups is 1. The highest BCUT2D eigenvalue weighted by Crippen LogP contribution is 2.42. The van der Waals surface area contributed by atoms with Crippen molar-refractivity contribution in [2.75, 3.05) is 11.9 Å². The molecule has 0 saturated heterocycles. The number of aromatic amines is 1. The molecular formula is C24H21F3N8O2. The van der Waals surface area contributed by atoms with Gasteiger partial charge in [-0.15, -0.1) is 0 Å². The Morgan fingerprint density at radius 3 is 2.84 bits per heavy atom. The Morgan fingerprint density at radius 2 is 2.14 bits per heavy atom. The van der Waals surface area contributed by atoms with Gasteiger partial charge >= 0.3 is 0 Å². The van der Waals surface area contributed by atoms with E-state index in [2.05, 4.69) is 42.3 Å². The molecule has 0 radical (unpaired) electrons. The van der Waals surface area contributed by atoms with Crippen LogP contribution in [0.15, 0.2) is 52.9 Å². The summed E-state index contributed by atoms with van der Waals surface area (Å²) < 4.78 is 42.1. The van der Waals surface area contributed by atoms with Gasteiger partial charge < -0.3 is 10.2 Å². The normalized spacial score (nSPS) is 15.4. The third kappa shape index (κ3) is 5.06. The standard InChI is InChI=1S/C24H21F3N8O2/c1-13-30-22(33-32-13)16-4-6-20-29-10-19(35(20)11-16)23(36)31-18-7-15(3-5-17(18)25)21(28-2)34-37-12-14-8-24(26,27)9-14/h3-7,10-11,14H,2,8-9,12H2,1H3,(H,31,36)(H,30,32,33)/b34-21-. The van der Waals surface area contributed by atoms with Crippen molar-refractivity contribution >= 4 is 29.8 Å². The summed E-state index contributed by atoms with van der Waals surface area (Å²) in [5.41, 5.74) is 1.49. The molecule has 4 aromatic rings. The number of hydrogen-bond acceptors (Lipinski definition) is 6. The predicted molar refractivity (Wildman–Crippen MR) is 129 cm³/mol. The number of nitrogens with one attached hydrogen (secondary N) is 2. The van der Waals surface area contributed by atoms with Gasteiger partial charge in [0, 0.05) is 36.1 Å². The van der Waals surface area contributed by atoms with Crippen molar-refractivity contribution in [2.24, 2.45) is 16.1 Å². The molecule has 1 aliphatic carbocycles. The van der Waals surface area contributed by atoms with Crippen LogP contribution >= 0.6 is 0 Å². The molecule has 2 N–H and O–H groups in total. The van der Waals surface area contributed by atoms with E-state index in [-0.39, 0.29) is 42.6 Å². The average Bonchev–Trinajstić information content (AvgIpc) is 3.48. The molecule has 0 spiro atoms. The quantitative estimate of drug-likeness (QED) is 0.219. The summed E-state index contributed by atoms with van der Waals surface area (Å²) in [6, 6.07) is 7.33. The van der Waals surface area contributed by atoms with E-state index in [1.165, 1.54) is 18.3 Å². The maximum Gasteiger partial charge on any atom is 0.274 e. The minimum Gasteiger partial charge on any atom is -0.394 e. The zero-order valence-electron chi connectivity index (χ0n) is 19.6. The SMILES string of the molecule is C=N/C(=N\OCC1CC(F)(F)C1)c1ccc(F)c(NC(=O)c2cnc3ccc(-c4n[nH]c(C)n4)cn23)c1. The fourth-order valence-corrected chi connectivity index (χ4v) is 3.98. The van der Waals surface area contributed by atoms with Crippen molar-refractivity contribution in [1.29, 1.82) is 0 Å². The number of carbonyl (C=O) groups is 1. The number of aryl methyl sites for hydroxylation is 1. The van der Waals surface area contributed by atoms with Crippen LogP contribution in [0.2, 0.25) is 0 Å². The lowest BCUT2D eigenvalue weighted by Gasteiger charge is -2.33. The Labute approximate surface area is 208 Å². The highest BCUT2D eigenvalue weighted by molar-refractivity contribution is 6.05. The third-order valence-electron chi connectivity index (χ3n) is 5.85.